The van der Waals surface area contributed by atoms with Crippen molar-refractivity contribution in [2.24, 2.45) is 5.10 Å². The van der Waals surface area contributed by atoms with Crippen LogP contribution in [0, 0.1) is 0 Å². The van der Waals surface area contributed by atoms with E-state index >= 15 is 0 Å². The molecule has 1 amide bonds. The van der Waals surface area contributed by atoms with Crippen molar-refractivity contribution in [3.05, 3.63) is 54.1 Å². The van der Waals surface area contributed by atoms with Crippen molar-refractivity contribution in [3.63, 3.8) is 0 Å². The lowest BCUT2D eigenvalue weighted by Gasteiger charge is -2.04. The minimum atomic E-state index is -0.182. The molecule has 3 aromatic rings. The van der Waals surface area contributed by atoms with E-state index in [2.05, 4.69) is 20.5 Å². The highest BCUT2D eigenvalue weighted by Gasteiger charge is 2.07. The maximum absolute atomic E-state index is 12.0. The number of thioether (sulfide) groups is 1. The van der Waals surface area contributed by atoms with Gasteiger partial charge in [-0.3, -0.25) is 4.79 Å². The fourth-order valence-corrected chi connectivity index (χ4v) is 2.88. The molecule has 2 aromatic carbocycles. The molecule has 1 heterocycles. The number of benzene rings is 2. The normalized spacial score (nSPS) is 11.5. The number of aromatic amines is 1. The summed E-state index contributed by atoms with van der Waals surface area (Å²) in [6.07, 6.45) is 0. The number of nitrogens with zero attached hydrogens (tertiary/aromatic N) is 2. The van der Waals surface area contributed by atoms with E-state index in [0.29, 0.717) is 5.16 Å². The number of ether oxygens (including phenoxy) is 1. The molecule has 2 N–H and O–H groups in total. The standard InChI is InChI=1S/C18H18N4O2S/c1-12(13-7-9-14(24-2)10-8-13)21-22-17(23)11-25-18-19-15-5-3-4-6-16(15)20-18/h3-10H,11H2,1-2H3,(H,19,20)(H,22,23)/b21-12+. The number of fused-ring (bicyclic) bond motifs is 1. The lowest BCUT2D eigenvalue weighted by molar-refractivity contribution is -0.118. The summed E-state index contributed by atoms with van der Waals surface area (Å²) in [5, 5.41) is 4.85. The van der Waals surface area contributed by atoms with Crippen LogP contribution < -0.4 is 10.2 Å². The first-order chi connectivity index (χ1) is 12.2. The summed E-state index contributed by atoms with van der Waals surface area (Å²) in [5.41, 5.74) is 6.06. The molecule has 6 nitrogen and oxygen atoms in total. The molecule has 0 saturated heterocycles. The Labute approximate surface area is 149 Å². The Morgan fingerprint density at radius 3 is 2.72 bits per heavy atom. The predicted octanol–water partition coefficient (Wildman–Crippen LogP) is 3.20. The lowest BCUT2D eigenvalue weighted by Crippen LogP contribution is -2.21. The van der Waals surface area contributed by atoms with Gasteiger partial charge in [-0.05, 0) is 48.9 Å². The maximum Gasteiger partial charge on any atom is 0.250 e. The molecular weight excluding hydrogens is 336 g/mol. The van der Waals surface area contributed by atoms with E-state index in [4.69, 9.17) is 4.74 Å². The van der Waals surface area contributed by atoms with Gasteiger partial charge in [-0.1, -0.05) is 23.9 Å². The Kier molecular flexibility index (Phi) is 5.35. The van der Waals surface area contributed by atoms with Gasteiger partial charge in [-0.2, -0.15) is 5.10 Å². The predicted molar refractivity (Wildman–Crippen MR) is 100 cm³/mol. The minimum Gasteiger partial charge on any atom is -0.497 e. The number of carbonyl (C=O) groups is 1. The second kappa shape index (κ2) is 7.85. The van der Waals surface area contributed by atoms with Crippen LogP contribution in [-0.2, 0) is 4.79 Å². The topological polar surface area (TPSA) is 79.4 Å². The molecule has 0 spiro atoms. The minimum absolute atomic E-state index is 0.182. The van der Waals surface area contributed by atoms with Gasteiger partial charge in [0.05, 0.1) is 29.6 Å². The van der Waals surface area contributed by atoms with Crippen molar-refractivity contribution >= 4 is 34.4 Å². The number of hydrogen-bond donors (Lipinski definition) is 2. The second-order valence-electron chi connectivity index (χ2n) is 5.31. The summed E-state index contributed by atoms with van der Waals surface area (Å²) >= 11 is 1.34. The van der Waals surface area contributed by atoms with Crippen LogP contribution >= 0.6 is 11.8 Å². The third-order valence-corrected chi connectivity index (χ3v) is 4.44. The third-order valence-electron chi connectivity index (χ3n) is 3.56. The highest BCUT2D eigenvalue weighted by Crippen LogP contribution is 2.18. The Morgan fingerprint density at radius 2 is 2.00 bits per heavy atom. The second-order valence-corrected chi connectivity index (χ2v) is 6.27. The summed E-state index contributed by atoms with van der Waals surface area (Å²) < 4.78 is 5.12. The summed E-state index contributed by atoms with van der Waals surface area (Å²) in [6.45, 7) is 1.84. The molecule has 7 heteroatoms. The van der Waals surface area contributed by atoms with Gasteiger partial charge in [0.15, 0.2) is 5.16 Å². The number of carbonyl (C=O) groups excluding carboxylic acids is 1. The van der Waals surface area contributed by atoms with E-state index in [1.807, 2.05) is 55.5 Å². The highest BCUT2D eigenvalue weighted by atomic mass is 32.2. The zero-order chi connectivity index (χ0) is 17.6. The van der Waals surface area contributed by atoms with E-state index < -0.39 is 0 Å². The molecule has 3 rings (SSSR count). The smallest absolute Gasteiger partial charge is 0.250 e. The number of nitrogens with one attached hydrogen (secondary N) is 2. The highest BCUT2D eigenvalue weighted by molar-refractivity contribution is 7.99. The summed E-state index contributed by atoms with van der Waals surface area (Å²) in [6, 6.07) is 15.3. The van der Waals surface area contributed by atoms with Crippen LogP contribution in [0.4, 0.5) is 0 Å². The van der Waals surface area contributed by atoms with Crippen molar-refractivity contribution < 1.29 is 9.53 Å². The van der Waals surface area contributed by atoms with Crippen LogP contribution in [0.5, 0.6) is 5.75 Å². The van der Waals surface area contributed by atoms with Crippen LogP contribution in [0.2, 0.25) is 0 Å². The van der Waals surface area contributed by atoms with Crippen LogP contribution in [0.25, 0.3) is 11.0 Å². The van der Waals surface area contributed by atoms with Crippen molar-refractivity contribution in [2.45, 2.75) is 12.1 Å². The lowest BCUT2D eigenvalue weighted by atomic mass is 10.1. The van der Waals surface area contributed by atoms with E-state index in [9.17, 15) is 4.79 Å². The Bertz CT molecular complexity index is 870. The van der Waals surface area contributed by atoms with Crippen LogP contribution in [0.3, 0.4) is 0 Å². The summed E-state index contributed by atoms with van der Waals surface area (Å²) in [7, 11) is 1.62. The molecule has 0 aliphatic rings. The molecule has 0 atom stereocenters. The molecule has 0 radical (unpaired) electrons. The van der Waals surface area contributed by atoms with Gasteiger partial charge in [0, 0.05) is 0 Å². The number of hydrazone groups is 1. The van der Waals surface area contributed by atoms with Crippen molar-refractivity contribution in [1.82, 2.24) is 15.4 Å². The molecule has 0 bridgehead atoms. The molecule has 0 unspecified atom stereocenters. The van der Waals surface area contributed by atoms with Crippen LogP contribution in [0.15, 0.2) is 58.8 Å². The van der Waals surface area contributed by atoms with Gasteiger partial charge in [0.2, 0.25) is 0 Å². The Hall–Kier alpha value is -2.80. The number of aromatic nitrogens is 2. The van der Waals surface area contributed by atoms with Crippen molar-refractivity contribution in [3.8, 4) is 5.75 Å². The van der Waals surface area contributed by atoms with E-state index in [1.54, 1.807) is 7.11 Å². The van der Waals surface area contributed by atoms with Crippen LogP contribution in [-0.4, -0.2) is 34.4 Å². The number of H-pyrrole nitrogens is 1. The van der Waals surface area contributed by atoms with Gasteiger partial charge < -0.3 is 9.72 Å². The van der Waals surface area contributed by atoms with E-state index in [0.717, 1.165) is 28.1 Å². The third kappa shape index (κ3) is 4.39. The van der Waals surface area contributed by atoms with E-state index in [1.165, 1.54) is 11.8 Å². The number of para-hydroxylation sites is 2. The van der Waals surface area contributed by atoms with Gasteiger partial charge in [0.1, 0.15) is 5.75 Å². The van der Waals surface area contributed by atoms with Crippen LogP contribution in [0.1, 0.15) is 12.5 Å². The zero-order valence-electron chi connectivity index (χ0n) is 13.9. The quantitative estimate of drug-likeness (QED) is 0.405. The fourth-order valence-electron chi connectivity index (χ4n) is 2.21. The van der Waals surface area contributed by atoms with Gasteiger partial charge in [-0.15, -0.1) is 0 Å². The molecule has 0 aliphatic carbocycles. The number of hydrogen-bond acceptors (Lipinski definition) is 5. The molecule has 0 fully saturated rings. The van der Waals surface area contributed by atoms with Gasteiger partial charge in [0.25, 0.3) is 5.91 Å². The summed E-state index contributed by atoms with van der Waals surface area (Å²) in [5.74, 6) is 0.834. The first kappa shape index (κ1) is 17.0. The molecule has 0 aliphatic heterocycles. The SMILES string of the molecule is COc1ccc(/C(C)=N/NC(=O)CSc2nc3ccccc3[nH]2)cc1. The fraction of sp³-hybridized carbons (Fsp3) is 0.167. The van der Waals surface area contributed by atoms with Gasteiger partial charge >= 0.3 is 0 Å². The Morgan fingerprint density at radius 1 is 1.24 bits per heavy atom. The van der Waals surface area contributed by atoms with Gasteiger partial charge in [-0.25, -0.2) is 10.4 Å². The van der Waals surface area contributed by atoms with Crippen molar-refractivity contribution in [1.29, 1.82) is 0 Å². The number of imidazole rings is 1. The average molecular weight is 354 g/mol. The molecule has 25 heavy (non-hydrogen) atoms. The monoisotopic (exact) mass is 354 g/mol. The number of amides is 1. The Balaban J connectivity index is 1.54. The number of methoxy groups -OCH3 is 1. The average Bonchev–Trinajstić information content (AvgIpc) is 3.07. The molecule has 0 saturated carbocycles. The zero-order valence-corrected chi connectivity index (χ0v) is 14.8. The molecular formula is C18H18N4O2S. The maximum atomic E-state index is 12.0. The summed E-state index contributed by atoms with van der Waals surface area (Å²) in [4.78, 5) is 19.6. The molecule has 1 aromatic heterocycles. The molecule has 128 valence electrons. The first-order valence-electron chi connectivity index (χ1n) is 7.71. The first-order valence-corrected chi connectivity index (χ1v) is 8.69. The van der Waals surface area contributed by atoms with E-state index in [-0.39, 0.29) is 11.7 Å². The van der Waals surface area contributed by atoms with Crippen molar-refractivity contribution in [2.75, 3.05) is 12.9 Å². The largest absolute Gasteiger partial charge is 0.497 e. The number of rotatable bonds is 6.